The van der Waals surface area contributed by atoms with Crippen LogP contribution in [-0.2, 0) is 4.79 Å². The van der Waals surface area contributed by atoms with Crippen LogP contribution in [-0.4, -0.2) is 22.4 Å². The van der Waals surface area contributed by atoms with Gasteiger partial charge in [0.1, 0.15) is 10.8 Å². The van der Waals surface area contributed by atoms with Crippen molar-refractivity contribution in [2.45, 2.75) is 6.92 Å². The number of thiocarbonyl (C=S) groups is 1. The Hall–Kier alpha value is -1.69. The van der Waals surface area contributed by atoms with E-state index in [0.29, 0.717) is 11.4 Å². The molecular weight excluding hydrogens is 212 g/mol. The molecule has 0 atom stereocenters. The zero-order valence-electron chi connectivity index (χ0n) is 8.28. The summed E-state index contributed by atoms with van der Waals surface area (Å²) in [6, 6.07) is 1.80. The molecule has 0 aromatic carbocycles. The summed E-state index contributed by atoms with van der Waals surface area (Å²) >= 11 is 4.90. The normalized spacial score (nSPS) is 9.67. The maximum Gasteiger partial charge on any atom is 0.236 e. The topological polar surface area (TPSA) is 94.0 Å². The minimum Gasteiger partial charge on any atom is -0.389 e. The number of carbonyl (C=O) groups excluding carboxylic acids is 1. The fourth-order valence-corrected chi connectivity index (χ4v) is 1.43. The Kier molecular flexibility index (Phi) is 3.56. The summed E-state index contributed by atoms with van der Waals surface area (Å²) in [6.07, 6.45) is 1.61. The molecule has 0 aliphatic heterocycles. The molecule has 0 radical (unpaired) electrons. The lowest BCUT2D eigenvalue weighted by Crippen LogP contribution is -2.24. The Balaban J connectivity index is 3.01. The van der Waals surface area contributed by atoms with E-state index in [4.69, 9.17) is 23.7 Å². The maximum atomic E-state index is 10.6. The summed E-state index contributed by atoms with van der Waals surface area (Å²) in [5, 5.41) is 2.78. The lowest BCUT2D eigenvalue weighted by atomic mass is 10.1. The van der Waals surface area contributed by atoms with E-state index in [1.54, 1.807) is 12.3 Å². The second-order valence-corrected chi connectivity index (χ2v) is 3.48. The Bertz CT molecular complexity index is 405. The summed E-state index contributed by atoms with van der Waals surface area (Å²) in [5.41, 5.74) is 12.1. The molecule has 0 unspecified atom stereocenters. The van der Waals surface area contributed by atoms with Crippen LogP contribution in [0.5, 0.6) is 0 Å². The van der Waals surface area contributed by atoms with Crippen LogP contribution in [0.25, 0.3) is 0 Å². The molecule has 0 saturated heterocycles. The standard InChI is InChI=1S/C9H12N4OS/c1-5-2-3-12-9(7(5)8(11)15)13-4-6(10)14/h2-3H,4H2,1H3,(H2,10,14)(H2,11,15)(H,12,13). The fraction of sp³-hybridized carbons (Fsp3) is 0.222. The summed E-state index contributed by atoms with van der Waals surface area (Å²) in [6.45, 7) is 1.87. The second-order valence-electron chi connectivity index (χ2n) is 3.04. The predicted octanol–water partition coefficient (Wildman–Crippen LogP) is -0.0786. The molecule has 1 rings (SSSR count). The molecule has 5 nitrogen and oxygen atoms in total. The average Bonchev–Trinajstić information content (AvgIpc) is 2.13. The first-order valence-electron chi connectivity index (χ1n) is 4.30. The molecule has 15 heavy (non-hydrogen) atoms. The number of hydrogen-bond donors (Lipinski definition) is 3. The largest absolute Gasteiger partial charge is 0.389 e. The lowest BCUT2D eigenvalue weighted by molar-refractivity contribution is -0.116. The van der Waals surface area contributed by atoms with Crippen LogP contribution in [0, 0.1) is 6.92 Å². The monoisotopic (exact) mass is 224 g/mol. The van der Waals surface area contributed by atoms with Crippen LogP contribution in [0.4, 0.5) is 5.82 Å². The number of aromatic nitrogens is 1. The lowest BCUT2D eigenvalue weighted by Gasteiger charge is -2.10. The highest BCUT2D eigenvalue weighted by Gasteiger charge is 2.09. The van der Waals surface area contributed by atoms with Gasteiger partial charge >= 0.3 is 0 Å². The number of anilines is 1. The molecule has 6 heteroatoms. The van der Waals surface area contributed by atoms with Gasteiger partial charge in [0.15, 0.2) is 0 Å². The van der Waals surface area contributed by atoms with Crippen molar-refractivity contribution in [3.8, 4) is 0 Å². The molecule has 5 N–H and O–H groups in total. The number of hydrogen-bond acceptors (Lipinski definition) is 4. The van der Waals surface area contributed by atoms with Gasteiger partial charge in [0.2, 0.25) is 5.91 Å². The van der Waals surface area contributed by atoms with E-state index in [1.165, 1.54) is 0 Å². The number of amides is 1. The summed E-state index contributed by atoms with van der Waals surface area (Å²) in [4.78, 5) is 14.9. The third-order valence-electron chi connectivity index (χ3n) is 1.84. The molecule has 0 aliphatic carbocycles. The number of nitrogens with zero attached hydrogens (tertiary/aromatic N) is 1. The van der Waals surface area contributed by atoms with Gasteiger partial charge in [-0.05, 0) is 18.6 Å². The molecule has 0 spiro atoms. The predicted molar refractivity (Wildman–Crippen MR) is 62.5 cm³/mol. The third kappa shape index (κ3) is 2.88. The first-order chi connectivity index (χ1) is 7.02. The summed E-state index contributed by atoms with van der Waals surface area (Å²) in [7, 11) is 0. The van der Waals surface area contributed by atoms with E-state index in [1.807, 2.05) is 6.92 Å². The zero-order chi connectivity index (χ0) is 11.4. The van der Waals surface area contributed by atoms with Gasteiger partial charge < -0.3 is 16.8 Å². The highest BCUT2D eigenvalue weighted by atomic mass is 32.1. The van der Waals surface area contributed by atoms with Crippen LogP contribution < -0.4 is 16.8 Å². The van der Waals surface area contributed by atoms with Crippen molar-refractivity contribution < 1.29 is 4.79 Å². The van der Waals surface area contributed by atoms with E-state index in [0.717, 1.165) is 5.56 Å². The Morgan fingerprint density at radius 2 is 2.27 bits per heavy atom. The van der Waals surface area contributed by atoms with Gasteiger partial charge in [0, 0.05) is 6.20 Å². The number of rotatable bonds is 4. The highest BCUT2D eigenvalue weighted by Crippen LogP contribution is 2.15. The van der Waals surface area contributed by atoms with Gasteiger partial charge in [-0.1, -0.05) is 12.2 Å². The van der Waals surface area contributed by atoms with Crippen molar-refractivity contribution in [1.82, 2.24) is 4.98 Å². The van der Waals surface area contributed by atoms with Gasteiger partial charge in [-0.15, -0.1) is 0 Å². The Morgan fingerprint density at radius 1 is 1.60 bits per heavy atom. The molecule has 80 valence electrons. The van der Waals surface area contributed by atoms with Crippen LogP contribution in [0.1, 0.15) is 11.1 Å². The van der Waals surface area contributed by atoms with E-state index in [2.05, 4.69) is 10.3 Å². The third-order valence-corrected chi connectivity index (χ3v) is 2.04. The highest BCUT2D eigenvalue weighted by molar-refractivity contribution is 7.80. The first kappa shape index (κ1) is 11.4. The molecule has 1 amide bonds. The number of nitrogens with one attached hydrogen (secondary N) is 1. The molecule has 0 bridgehead atoms. The van der Waals surface area contributed by atoms with Crippen molar-refractivity contribution in [3.05, 3.63) is 23.4 Å². The van der Waals surface area contributed by atoms with Gasteiger partial charge in [0.05, 0.1) is 12.1 Å². The first-order valence-corrected chi connectivity index (χ1v) is 4.70. The number of aryl methyl sites for hydroxylation is 1. The van der Waals surface area contributed by atoms with Crippen LogP contribution in [0.15, 0.2) is 12.3 Å². The number of primary amides is 1. The fourth-order valence-electron chi connectivity index (χ4n) is 1.17. The molecular formula is C9H12N4OS. The van der Waals surface area contributed by atoms with Gasteiger partial charge in [-0.3, -0.25) is 4.79 Å². The van der Waals surface area contributed by atoms with Crippen molar-refractivity contribution >= 4 is 28.9 Å². The second kappa shape index (κ2) is 4.70. The summed E-state index contributed by atoms with van der Waals surface area (Å²) in [5.74, 6) is 0.0218. The number of carbonyl (C=O) groups is 1. The van der Waals surface area contributed by atoms with Crippen LogP contribution >= 0.6 is 12.2 Å². The smallest absolute Gasteiger partial charge is 0.236 e. The van der Waals surface area contributed by atoms with Crippen molar-refractivity contribution in [2.24, 2.45) is 11.5 Å². The molecule has 1 aromatic heterocycles. The molecule has 0 saturated carbocycles. The molecule has 0 aliphatic rings. The summed E-state index contributed by atoms with van der Waals surface area (Å²) < 4.78 is 0. The Morgan fingerprint density at radius 3 is 2.80 bits per heavy atom. The molecule has 1 aromatic rings. The number of nitrogens with two attached hydrogens (primary N) is 2. The average molecular weight is 224 g/mol. The van der Waals surface area contributed by atoms with Crippen LogP contribution in [0.3, 0.4) is 0 Å². The van der Waals surface area contributed by atoms with E-state index < -0.39 is 5.91 Å². The molecule has 1 heterocycles. The van der Waals surface area contributed by atoms with E-state index in [-0.39, 0.29) is 11.5 Å². The van der Waals surface area contributed by atoms with Gasteiger partial charge in [0.25, 0.3) is 0 Å². The maximum absolute atomic E-state index is 10.6. The van der Waals surface area contributed by atoms with E-state index in [9.17, 15) is 4.79 Å². The van der Waals surface area contributed by atoms with E-state index >= 15 is 0 Å². The molecule has 0 fully saturated rings. The quantitative estimate of drug-likeness (QED) is 0.622. The van der Waals surface area contributed by atoms with Gasteiger partial charge in [-0.2, -0.15) is 0 Å². The van der Waals surface area contributed by atoms with Crippen molar-refractivity contribution in [2.75, 3.05) is 11.9 Å². The Labute approximate surface area is 92.9 Å². The SMILES string of the molecule is Cc1ccnc(NCC(N)=O)c1C(N)=S. The minimum atomic E-state index is -0.466. The van der Waals surface area contributed by atoms with Gasteiger partial charge in [-0.25, -0.2) is 4.98 Å². The van der Waals surface area contributed by atoms with Crippen LogP contribution in [0.2, 0.25) is 0 Å². The van der Waals surface area contributed by atoms with Crippen molar-refractivity contribution in [3.63, 3.8) is 0 Å². The zero-order valence-corrected chi connectivity index (χ0v) is 9.10. The number of pyridine rings is 1. The van der Waals surface area contributed by atoms with Crippen molar-refractivity contribution in [1.29, 1.82) is 0 Å². The minimum absolute atomic E-state index is 0.00602.